The van der Waals surface area contributed by atoms with Crippen LogP contribution >= 0.6 is 0 Å². The molecule has 4 aromatic carbocycles. The predicted molar refractivity (Wildman–Crippen MR) is 203 cm³/mol. The number of carbonyl (C=O) groups is 4. The van der Waals surface area contributed by atoms with Crippen molar-refractivity contribution in [2.75, 3.05) is 11.6 Å². The van der Waals surface area contributed by atoms with E-state index in [-0.39, 0.29) is 44.5 Å². The number of nitrogens with two attached hydrogens (primary N) is 1. The fourth-order valence-corrected chi connectivity index (χ4v) is 6.07. The first-order valence-electron chi connectivity index (χ1n) is 17.9. The average molecular weight is 721 g/mol. The Morgan fingerprint density at radius 2 is 1.53 bits per heavy atom. The second kappa shape index (κ2) is 18.2. The molecule has 0 spiro atoms. The number of nitrogens with zero attached hydrogens (tertiary/aromatic N) is 3. The highest BCUT2D eigenvalue weighted by Gasteiger charge is 2.35. The lowest BCUT2D eigenvalue weighted by molar-refractivity contribution is -0.147. The molecule has 0 bridgehead atoms. The number of nitrogens with one attached hydrogen (secondary N) is 2. The second-order valence-electron chi connectivity index (χ2n) is 13.4. The number of amides is 4. The monoisotopic (exact) mass is 720 g/mol. The van der Waals surface area contributed by atoms with Gasteiger partial charge in [-0.3, -0.25) is 24.7 Å². The van der Waals surface area contributed by atoms with E-state index in [2.05, 4.69) is 10.7 Å². The molecule has 12 nitrogen and oxygen atoms in total. The molecular formula is C41H48N6O6. The van der Waals surface area contributed by atoms with Gasteiger partial charge in [-0.15, -0.1) is 0 Å². The number of aliphatic hydroxyl groups is 1. The van der Waals surface area contributed by atoms with Crippen molar-refractivity contribution < 1.29 is 29.0 Å². The number of fused-ring (bicyclic) bond motifs is 1. The summed E-state index contributed by atoms with van der Waals surface area (Å²) in [6, 6.07) is 29.8. The number of anilines is 1. The molecule has 12 heteroatoms. The zero-order valence-electron chi connectivity index (χ0n) is 30.4. The van der Waals surface area contributed by atoms with E-state index < -0.39 is 36.1 Å². The number of ether oxygens (including phenoxy) is 1. The molecule has 1 aliphatic heterocycles. The number of benzene rings is 4. The summed E-state index contributed by atoms with van der Waals surface area (Å²) in [7, 11) is 0. The van der Waals surface area contributed by atoms with Gasteiger partial charge < -0.3 is 25.8 Å². The maximum atomic E-state index is 14.7. The molecule has 5 N–H and O–H groups in total. The van der Waals surface area contributed by atoms with Crippen LogP contribution in [0.3, 0.4) is 0 Å². The predicted octanol–water partition coefficient (Wildman–Crippen LogP) is 5.18. The number of hydrogen-bond acceptors (Lipinski definition) is 8. The van der Waals surface area contributed by atoms with E-state index in [4.69, 9.17) is 10.5 Å². The third-order valence-corrected chi connectivity index (χ3v) is 9.21. The number of rotatable bonds is 14. The van der Waals surface area contributed by atoms with Crippen molar-refractivity contribution in [1.29, 1.82) is 0 Å². The van der Waals surface area contributed by atoms with E-state index in [1.807, 2.05) is 110 Å². The van der Waals surface area contributed by atoms with Crippen molar-refractivity contribution in [2.45, 2.75) is 71.4 Å². The molecule has 0 radical (unpaired) electrons. The highest BCUT2D eigenvalue weighted by atomic mass is 16.5. The largest absolute Gasteiger partial charge is 0.445 e. The zero-order chi connectivity index (χ0) is 37.9. The summed E-state index contributed by atoms with van der Waals surface area (Å²) >= 11 is 0. The maximum absolute atomic E-state index is 14.7. The Bertz CT molecular complexity index is 1900. The molecule has 0 fully saturated rings. The molecule has 4 aromatic rings. The molecule has 4 amide bonds. The van der Waals surface area contributed by atoms with Crippen molar-refractivity contribution in [3.05, 3.63) is 126 Å². The highest BCUT2D eigenvalue weighted by Crippen LogP contribution is 2.34. The number of aliphatic hydroxyl groups excluding tert-OH is 1. The van der Waals surface area contributed by atoms with Crippen LogP contribution in [0.25, 0.3) is 10.8 Å². The van der Waals surface area contributed by atoms with Gasteiger partial charge in [-0.25, -0.2) is 9.80 Å². The van der Waals surface area contributed by atoms with E-state index in [9.17, 15) is 24.3 Å². The highest BCUT2D eigenvalue weighted by molar-refractivity contribution is 5.96. The molecule has 53 heavy (non-hydrogen) atoms. The Morgan fingerprint density at radius 3 is 2.21 bits per heavy atom. The van der Waals surface area contributed by atoms with Crippen LogP contribution in [0.5, 0.6) is 0 Å². The summed E-state index contributed by atoms with van der Waals surface area (Å²) < 4.78 is 5.54. The van der Waals surface area contributed by atoms with Crippen LogP contribution in [0.2, 0.25) is 0 Å². The summed E-state index contributed by atoms with van der Waals surface area (Å²) in [5.41, 5.74) is 11.4. The second-order valence-corrected chi connectivity index (χ2v) is 13.4. The Kier molecular flexibility index (Phi) is 13.2. The summed E-state index contributed by atoms with van der Waals surface area (Å²) in [6.07, 6.45) is 0.297. The quantitative estimate of drug-likeness (QED) is 0.130. The van der Waals surface area contributed by atoms with Gasteiger partial charge in [-0.1, -0.05) is 117 Å². The van der Waals surface area contributed by atoms with Crippen LogP contribution in [-0.4, -0.2) is 63.7 Å². The first-order chi connectivity index (χ1) is 25.5. The van der Waals surface area contributed by atoms with Crippen molar-refractivity contribution in [2.24, 2.45) is 11.7 Å². The molecule has 4 atom stereocenters. The molecule has 5 rings (SSSR count). The normalized spacial score (nSPS) is 14.8. The molecule has 1 aliphatic rings. The minimum Gasteiger partial charge on any atom is -0.445 e. The van der Waals surface area contributed by atoms with Crippen molar-refractivity contribution >= 4 is 40.3 Å². The van der Waals surface area contributed by atoms with Crippen LogP contribution in [0.4, 0.5) is 10.5 Å². The molecule has 0 saturated carbocycles. The Hall–Kier alpha value is -5.72. The van der Waals surface area contributed by atoms with Gasteiger partial charge in [0.2, 0.25) is 5.91 Å². The number of hydrogen-bond donors (Lipinski definition) is 4. The van der Waals surface area contributed by atoms with Gasteiger partial charge in [0.05, 0.1) is 18.3 Å². The van der Waals surface area contributed by atoms with Gasteiger partial charge in [0, 0.05) is 23.7 Å². The molecule has 1 heterocycles. The number of hydrazine groups is 1. The fourth-order valence-electron chi connectivity index (χ4n) is 6.07. The van der Waals surface area contributed by atoms with Gasteiger partial charge in [-0.2, -0.15) is 0 Å². The molecule has 0 aromatic heterocycles. The minimum absolute atomic E-state index is 0.0403. The Balaban J connectivity index is 1.51. The number of carbonyl (C=O) groups excluding carboxylic acids is 4. The summed E-state index contributed by atoms with van der Waals surface area (Å²) in [5.74, 6) is -1.66. The first-order valence-corrected chi connectivity index (χ1v) is 17.9. The third kappa shape index (κ3) is 10.2. The van der Waals surface area contributed by atoms with E-state index in [1.54, 1.807) is 25.3 Å². The smallest absolute Gasteiger partial charge is 0.408 e. The van der Waals surface area contributed by atoms with Crippen molar-refractivity contribution in [3.63, 3.8) is 0 Å². The fraction of sp³-hybridized carbons (Fsp3) is 0.317. The standard InChI is InChI=1S/C41H48N6O6/c1-4-28(2)22-37(48)38(49)44-47(24-30-14-7-5-8-15-30)40(51)35(43-41(52)53-26-31-16-9-6-10-17-31)23-33-25-45(39(50)29(3)42)27-46(33)36-21-13-19-32-18-11-12-20-34(32)36/h5-21,25,28-29,35,37,48H,4,22-24,26-27,42H2,1-3H3,(H,43,52)(H,44,49)/t28?,29-,35-,37-/m0/s1. The van der Waals surface area contributed by atoms with Gasteiger partial charge in [0.25, 0.3) is 11.8 Å². The van der Waals surface area contributed by atoms with Gasteiger partial charge in [-0.05, 0) is 41.8 Å². The van der Waals surface area contributed by atoms with Crippen LogP contribution in [-0.2, 0) is 32.3 Å². The first kappa shape index (κ1) is 38.5. The minimum atomic E-state index is -1.37. The molecule has 0 saturated heterocycles. The van der Waals surface area contributed by atoms with Crippen LogP contribution in [0.15, 0.2) is 115 Å². The number of alkyl carbamates (subject to hydrolysis) is 1. The van der Waals surface area contributed by atoms with Crippen molar-refractivity contribution in [3.8, 4) is 0 Å². The van der Waals surface area contributed by atoms with Crippen LogP contribution in [0, 0.1) is 5.92 Å². The zero-order valence-corrected chi connectivity index (χ0v) is 30.4. The maximum Gasteiger partial charge on any atom is 0.408 e. The molecule has 1 unspecified atom stereocenters. The lowest BCUT2D eigenvalue weighted by Gasteiger charge is -2.31. The van der Waals surface area contributed by atoms with Crippen LogP contribution < -0.4 is 21.4 Å². The topological polar surface area (TPSA) is 158 Å². The van der Waals surface area contributed by atoms with Gasteiger partial charge >= 0.3 is 6.09 Å². The Labute approximate surface area is 310 Å². The Morgan fingerprint density at radius 1 is 0.887 bits per heavy atom. The summed E-state index contributed by atoms with van der Waals surface area (Å²) in [4.78, 5) is 58.1. The average Bonchev–Trinajstić information content (AvgIpc) is 3.59. The lowest BCUT2D eigenvalue weighted by atomic mass is 10.0. The lowest BCUT2D eigenvalue weighted by Crippen LogP contribution is -2.56. The van der Waals surface area contributed by atoms with E-state index in [0.29, 0.717) is 11.3 Å². The summed E-state index contributed by atoms with van der Waals surface area (Å²) in [6.45, 7) is 5.53. The molecule has 0 aliphatic carbocycles. The van der Waals surface area contributed by atoms with E-state index in [1.165, 1.54) is 4.90 Å². The SMILES string of the molecule is CCC(C)C[C@H](O)C(=O)NN(Cc1ccccc1)C(=O)[C@H](CC1=CN(C(=O)[C@H](C)N)CN1c1cccc2ccccc12)NC(=O)OCc1ccccc1. The molecule has 278 valence electrons. The summed E-state index contributed by atoms with van der Waals surface area (Å²) in [5, 5.41) is 16.5. The van der Waals surface area contributed by atoms with Gasteiger partial charge in [0.1, 0.15) is 25.4 Å². The van der Waals surface area contributed by atoms with E-state index in [0.717, 1.165) is 33.5 Å². The van der Waals surface area contributed by atoms with Gasteiger partial charge in [0.15, 0.2) is 0 Å². The van der Waals surface area contributed by atoms with E-state index >= 15 is 0 Å². The van der Waals surface area contributed by atoms with Crippen LogP contribution in [0.1, 0.15) is 51.2 Å². The molecular weight excluding hydrogens is 672 g/mol. The van der Waals surface area contributed by atoms with Crippen molar-refractivity contribution in [1.82, 2.24) is 20.7 Å². The third-order valence-electron chi connectivity index (χ3n) is 9.21.